The van der Waals surface area contributed by atoms with Crippen LogP contribution in [0.5, 0.6) is 5.75 Å². The number of hydrogen-bond donors (Lipinski definition) is 1. The van der Waals surface area contributed by atoms with Gasteiger partial charge in [-0.1, -0.05) is 25.1 Å². The lowest BCUT2D eigenvalue weighted by Crippen LogP contribution is -2.37. The molecule has 4 rings (SSSR count). The Morgan fingerprint density at radius 1 is 1.14 bits per heavy atom. The third-order valence-corrected chi connectivity index (χ3v) is 7.73. The van der Waals surface area contributed by atoms with Gasteiger partial charge in [-0.3, -0.25) is 4.31 Å². The molecule has 1 heterocycles. The van der Waals surface area contributed by atoms with Crippen molar-refractivity contribution in [1.29, 1.82) is 0 Å². The molecule has 0 fully saturated rings. The van der Waals surface area contributed by atoms with Crippen LogP contribution < -0.4 is 9.04 Å². The molecule has 0 amide bonds. The maximum Gasteiger partial charge on any atom is 0.335 e. The van der Waals surface area contributed by atoms with Gasteiger partial charge in [0.05, 0.1) is 17.8 Å². The highest BCUT2D eigenvalue weighted by Crippen LogP contribution is 2.39. The summed E-state index contributed by atoms with van der Waals surface area (Å²) in [4.78, 5) is 15.1. The van der Waals surface area contributed by atoms with Crippen molar-refractivity contribution in [1.82, 2.24) is 4.98 Å². The molecule has 0 unspecified atom stereocenters. The predicted molar refractivity (Wildman–Crippen MR) is 130 cm³/mol. The molecular weight excluding hydrogens is 471 g/mol. The van der Waals surface area contributed by atoms with Crippen LogP contribution in [0.4, 0.5) is 10.1 Å². The third-order valence-electron chi connectivity index (χ3n) is 6.04. The van der Waals surface area contributed by atoms with Crippen molar-refractivity contribution < 1.29 is 27.4 Å². The Bertz CT molecular complexity index is 1300. The van der Waals surface area contributed by atoms with E-state index in [1.54, 1.807) is 37.3 Å². The molecular formula is C26H27FN2O5S. The minimum atomic E-state index is -4.16. The van der Waals surface area contributed by atoms with Crippen molar-refractivity contribution in [2.75, 3.05) is 10.8 Å². The number of halogens is 1. The minimum Gasteiger partial charge on any atom is -0.487 e. The van der Waals surface area contributed by atoms with Gasteiger partial charge in [0, 0.05) is 6.20 Å². The lowest BCUT2D eigenvalue weighted by molar-refractivity contribution is 0.0696. The van der Waals surface area contributed by atoms with Crippen LogP contribution in [0, 0.1) is 0 Å². The molecule has 1 N–H and O–H groups in total. The Kier molecular flexibility index (Phi) is 7.35. The van der Waals surface area contributed by atoms with Gasteiger partial charge in [0.2, 0.25) is 0 Å². The number of carbonyl (C=O) groups is 1. The first-order chi connectivity index (χ1) is 16.8. The van der Waals surface area contributed by atoms with Crippen molar-refractivity contribution >= 4 is 21.7 Å². The molecule has 1 aliphatic rings. The monoisotopic (exact) mass is 498 g/mol. The SMILES string of the molecule is CC[C@@H](F)CN(c1cc2c(cc1OCc1ccc(C(=O)O)cc1)CCC2)S(=O)(=O)c1ccccn1. The number of carboxylic acid groups (broad SMARTS) is 1. The predicted octanol–water partition coefficient (Wildman–Crippen LogP) is 4.79. The van der Waals surface area contributed by atoms with E-state index in [0.717, 1.165) is 40.3 Å². The number of rotatable bonds is 10. The topological polar surface area (TPSA) is 96.8 Å². The second-order valence-corrected chi connectivity index (χ2v) is 10.3. The van der Waals surface area contributed by atoms with E-state index in [1.807, 2.05) is 6.07 Å². The number of pyridine rings is 1. The van der Waals surface area contributed by atoms with E-state index in [1.165, 1.54) is 24.4 Å². The summed E-state index contributed by atoms with van der Waals surface area (Å²) in [5.74, 6) is -0.693. The maximum absolute atomic E-state index is 14.7. The smallest absolute Gasteiger partial charge is 0.335 e. The number of carboxylic acids is 1. The van der Waals surface area contributed by atoms with E-state index in [-0.39, 0.29) is 35.8 Å². The molecule has 2 aromatic carbocycles. The van der Waals surface area contributed by atoms with Gasteiger partial charge >= 0.3 is 5.97 Å². The van der Waals surface area contributed by atoms with E-state index in [0.29, 0.717) is 5.75 Å². The zero-order valence-electron chi connectivity index (χ0n) is 19.4. The summed E-state index contributed by atoms with van der Waals surface area (Å²) < 4.78 is 49.0. The van der Waals surface area contributed by atoms with Crippen molar-refractivity contribution in [2.24, 2.45) is 0 Å². The number of aromatic carboxylic acids is 1. The molecule has 7 nitrogen and oxygen atoms in total. The lowest BCUT2D eigenvalue weighted by Gasteiger charge is -2.28. The Balaban J connectivity index is 1.74. The molecule has 0 bridgehead atoms. The summed E-state index contributed by atoms with van der Waals surface area (Å²) in [6.45, 7) is 1.39. The molecule has 1 aromatic heterocycles. The van der Waals surface area contributed by atoms with Crippen molar-refractivity contribution in [2.45, 2.75) is 50.4 Å². The zero-order chi connectivity index (χ0) is 25.0. The number of nitrogens with zero attached hydrogens (tertiary/aromatic N) is 2. The summed E-state index contributed by atoms with van der Waals surface area (Å²) in [6.07, 6.45) is 2.78. The van der Waals surface area contributed by atoms with Gasteiger partial charge in [0.1, 0.15) is 18.5 Å². The number of ether oxygens (including phenoxy) is 1. The molecule has 1 aliphatic carbocycles. The number of anilines is 1. The third kappa shape index (κ3) is 5.45. The number of hydrogen-bond acceptors (Lipinski definition) is 5. The summed E-state index contributed by atoms with van der Waals surface area (Å²) in [6, 6.07) is 14.5. The maximum atomic E-state index is 14.7. The first-order valence-corrected chi connectivity index (χ1v) is 12.9. The second kappa shape index (κ2) is 10.4. The van der Waals surface area contributed by atoms with Gasteiger partial charge in [-0.15, -0.1) is 0 Å². The van der Waals surface area contributed by atoms with Crippen molar-refractivity contribution in [3.8, 4) is 5.75 Å². The van der Waals surface area contributed by atoms with E-state index >= 15 is 0 Å². The fourth-order valence-corrected chi connectivity index (χ4v) is 5.48. The molecule has 0 saturated carbocycles. The van der Waals surface area contributed by atoms with Crippen LogP contribution in [0.1, 0.15) is 46.8 Å². The van der Waals surface area contributed by atoms with Crippen LogP contribution in [0.15, 0.2) is 65.8 Å². The van der Waals surface area contributed by atoms with Crippen LogP contribution in [0.3, 0.4) is 0 Å². The Morgan fingerprint density at radius 2 is 1.86 bits per heavy atom. The summed E-state index contributed by atoms with van der Waals surface area (Å²) in [7, 11) is -4.16. The first-order valence-electron chi connectivity index (χ1n) is 11.5. The Morgan fingerprint density at radius 3 is 2.49 bits per heavy atom. The van der Waals surface area contributed by atoms with Gasteiger partial charge in [0.15, 0.2) is 5.03 Å². The lowest BCUT2D eigenvalue weighted by atomic mass is 10.1. The van der Waals surface area contributed by atoms with Gasteiger partial charge in [-0.2, -0.15) is 8.42 Å². The van der Waals surface area contributed by atoms with Crippen LogP contribution in [-0.4, -0.2) is 37.2 Å². The van der Waals surface area contributed by atoms with Crippen LogP contribution >= 0.6 is 0 Å². The standard InChI is InChI=1S/C26H27FN2O5S/c1-2-22(27)16-29(35(32,33)25-8-3-4-13-28-25)23-14-20-6-5-7-21(20)15-24(23)34-17-18-9-11-19(12-10-18)26(30)31/h3-4,8-15,22H,2,5-7,16-17H2,1H3,(H,30,31)/t22-/m1/s1. The number of alkyl halides is 1. The largest absolute Gasteiger partial charge is 0.487 e. The molecule has 0 spiro atoms. The first kappa shape index (κ1) is 24.7. The van der Waals surface area contributed by atoms with Gasteiger partial charge in [0.25, 0.3) is 10.0 Å². The minimum absolute atomic E-state index is 0.0932. The fourth-order valence-electron chi connectivity index (χ4n) is 4.05. The van der Waals surface area contributed by atoms with E-state index in [4.69, 9.17) is 9.84 Å². The molecule has 9 heteroatoms. The summed E-state index contributed by atoms with van der Waals surface area (Å²) in [5.41, 5.74) is 3.25. The number of benzene rings is 2. The van der Waals surface area contributed by atoms with E-state index in [9.17, 15) is 17.6 Å². The molecule has 0 saturated heterocycles. The van der Waals surface area contributed by atoms with Crippen molar-refractivity contribution in [3.63, 3.8) is 0 Å². The van der Waals surface area contributed by atoms with Crippen LogP contribution in [-0.2, 0) is 29.5 Å². The quantitative estimate of drug-likeness (QED) is 0.432. The number of sulfonamides is 1. The van der Waals surface area contributed by atoms with Crippen LogP contribution in [0.25, 0.3) is 0 Å². The molecule has 35 heavy (non-hydrogen) atoms. The second-order valence-electron chi connectivity index (χ2n) is 8.44. The molecule has 0 aliphatic heterocycles. The van der Waals surface area contributed by atoms with Gasteiger partial charge in [-0.05, 0) is 78.8 Å². The molecule has 1 atom stereocenters. The highest BCUT2D eigenvalue weighted by Gasteiger charge is 2.32. The highest BCUT2D eigenvalue weighted by molar-refractivity contribution is 7.92. The summed E-state index contributed by atoms with van der Waals surface area (Å²) in [5, 5.41) is 8.94. The number of aromatic nitrogens is 1. The van der Waals surface area contributed by atoms with Crippen LogP contribution in [0.2, 0.25) is 0 Å². The Hall–Kier alpha value is -3.46. The molecule has 3 aromatic rings. The van der Waals surface area contributed by atoms with Gasteiger partial charge < -0.3 is 9.84 Å². The van der Waals surface area contributed by atoms with E-state index < -0.39 is 22.2 Å². The molecule has 184 valence electrons. The molecule has 0 radical (unpaired) electrons. The normalized spacial score (nSPS) is 13.8. The fraction of sp³-hybridized carbons (Fsp3) is 0.308. The number of aryl methyl sites for hydroxylation is 2. The van der Waals surface area contributed by atoms with E-state index in [2.05, 4.69) is 4.98 Å². The van der Waals surface area contributed by atoms with Gasteiger partial charge in [-0.25, -0.2) is 14.2 Å². The van der Waals surface area contributed by atoms with Crippen molar-refractivity contribution in [3.05, 3.63) is 83.0 Å². The summed E-state index contributed by atoms with van der Waals surface area (Å²) >= 11 is 0. The highest BCUT2D eigenvalue weighted by atomic mass is 32.2. The zero-order valence-corrected chi connectivity index (χ0v) is 20.2. The number of fused-ring (bicyclic) bond motifs is 1. The average Bonchev–Trinajstić information content (AvgIpc) is 3.33. The Labute approximate surface area is 204 Å². The average molecular weight is 499 g/mol.